The third-order valence-corrected chi connectivity index (χ3v) is 4.03. The number of benzene rings is 1. The number of nitrogens with zero attached hydrogens (tertiary/aromatic N) is 1. The molecule has 0 bridgehead atoms. The molecule has 1 saturated carbocycles. The van der Waals surface area contributed by atoms with Gasteiger partial charge in [0.1, 0.15) is 5.75 Å². The molecule has 0 aromatic heterocycles. The zero-order chi connectivity index (χ0) is 14.5. The van der Waals surface area contributed by atoms with Gasteiger partial charge in [-0.25, -0.2) is 0 Å². The van der Waals surface area contributed by atoms with Crippen LogP contribution in [-0.4, -0.2) is 37.0 Å². The van der Waals surface area contributed by atoms with Crippen LogP contribution in [-0.2, 0) is 11.3 Å². The molecule has 0 saturated heterocycles. The van der Waals surface area contributed by atoms with Gasteiger partial charge in [0.25, 0.3) is 5.91 Å². The highest BCUT2D eigenvalue weighted by Crippen LogP contribution is 2.27. The topological polar surface area (TPSA) is 41.6 Å². The SMILES string of the molecule is CCNCc1ccc(OCC(=O)N(C)C2CC2)c(Br)c1. The Hall–Kier alpha value is -1.07. The summed E-state index contributed by atoms with van der Waals surface area (Å²) in [5.41, 5.74) is 1.19. The highest BCUT2D eigenvalue weighted by Gasteiger charge is 2.29. The van der Waals surface area contributed by atoms with Crippen LogP contribution in [0.25, 0.3) is 0 Å². The molecule has 4 nitrogen and oxygen atoms in total. The first kappa shape index (κ1) is 15.3. The van der Waals surface area contributed by atoms with Crippen molar-refractivity contribution in [3.63, 3.8) is 0 Å². The fraction of sp³-hybridized carbons (Fsp3) is 0.533. The summed E-state index contributed by atoms with van der Waals surface area (Å²) in [4.78, 5) is 13.7. The average Bonchev–Trinajstić information content (AvgIpc) is 3.27. The van der Waals surface area contributed by atoms with Crippen molar-refractivity contribution in [2.45, 2.75) is 32.4 Å². The molecule has 1 amide bonds. The van der Waals surface area contributed by atoms with E-state index in [4.69, 9.17) is 4.74 Å². The van der Waals surface area contributed by atoms with Crippen LogP contribution in [0.4, 0.5) is 0 Å². The quantitative estimate of drug-likeness (QED) is 0.829. The standard InChI is InChI=1S/C15H21BrN2O2/c1-3-17-9-11-4-7-14(13(16)8-11)20-10-15(19)18(2)12-5-6-12/h4,7-8,12,17H,3,5-6,9-10H2,1-2H3. The van der Waals surface area contributed by atoms with Gasteiger partial charge in [0.15, 0.2) is 6.61 Å². The van der Waals surface area contributed by atoms with Crippen molar-refractivity contribution in [2.24, 2.45) is 0 Å². The lowest BCUT2D eigenvalue weighted by molar-refractivity contribution is -0.132. The summed E-state index contributed by atoms with van der Waals surface area (Å²) < 4.78 is 6.48. The van der Waals surface area contributed by atoms with Crippen LogP contribution in [0, 0.1) is 0 Å². The normalized spacial score (nSPS) is 14.2. The van der Waals surface area contributed by atoms with E-state index in [0.717, 1.165) is 30.4 Å². The second-order valence-corrected chi connectivity index (χ2v) is 5.92. The van der Waals surface area contributed by atoms with E-state index in [0.29, 0.717) is 11.8 Å². The summed E-state index contributed by atoms with van der Waals surface area (Å²) in [5.74, 6) is 0.749. The number of carbonyl (C=O) groups excluding carboxylic acids is 1. The number of likely N-dealkylation sites (N-methyl/N-ethyl adjacent to an activating group) is 1. The molecular weight excluding hydrogens is 320 g/mol. The highest BCUT2D eigenvalue weighted by molar-refractivity contribution is 9.10. The maximum absolute atomic E-state index is 11.9. The molecule has 20 heavy (non-hydrogen) atoms. The van der Waals surface area contributed by atoms with Crippen LogP contribution in [0.3, 0.4) is 0 Å². The Balaban J connectivity index is 1.87. The summed E-state index contributed by atoms with van der Waals surface area (Å²) in [6.07, 6.45) is 2.23. The molecule has 1 aliphatic carbocycles. The lowest BCUT2D eigenvalue weighted by atomic mass is 10.2. The molecule has 0 radical (unpaired) electrons. The zero-order valence-corrected chi connectivity index (χ0v) is 13.6. The van der Waals surface area contributed by atoms with Crippen LogP contribution in [0.1, 0.15) is 25.3 Å². The lowest BCUT2D eigenvalue weighted by Gasteiger charge is -2.17. The fourth-order valence-electron chi connectivity index (χ4n) is 1.95. The molecule has 1 aromatic rings. The van der Waals surface area contributed by atoms with Gasteiger partial charge in [0, 0.05) is 19.6 Å². The van der Waals surface area contributed by atoms with Gasteiger partial charge in [0.05, 0.1) is 4.47 Å². The average molecular weight is 341 g/mol. The van der Waals surface area contributed by atoms with E-state index < -0.39 is 0 Å². The van der Waals surface area contributed by atoms with Crippen molar-refractivity contribution in [3.8, 4) is 5.75 Å². The fourth-order valence-corrected chi connectivity index (χ4v) is 2.49. The molecule has 0 unspecified atom stereocenters. The second kappa shape index (κ2) is 7.09. The first-order valence-electron chi connectivity index (χ1n) is 6.99. The van der Waals surface area contributed by atoms with E-state index in [2.05, 4.69) is 28.2 Å². The summed E-state index contributed by atoms with van der Waals surface area (Å²) in [6, 6.07) is 6.36. The third kappa shape index (κ3) is 4.21. The van der Waals surface area contributed by atoms with E-state index in [-0.39, 0.29) is 12.5 Å². The number of hydrogen-bond acceptors (Lipinski definition) is 3. The minimum Gasteiger partial charge on any atom is -0.483 e. The summed E-state index contributed by atoms with van der Waals surface area (Å²) in [5, 5.41) is 3.27. The van der Waals surface area contributed by atoms with E-state index in [1.165, 1.54) is 5.56 Å². The van der Waals surface area contributed by atoms with Crippen molar-refractivity contribution in [1.82, 2.24) is 10.2 Å². The van der Waals surface area contributed by atoms with Crippen molar-refractivity contribution < 1.29 is 9.53 Å². The number of halogens is 1. The predicted octanol–water partition coefficient (Wildman–Crippen LogP) is 2.56. The van der Waals surface area contributed by atoms with Gasteiger partial charge in [-0.3, -0.25) is 4.79 Å². The van der Waals surface area contributed by atoms with Gasteiger partial charge < -0.3 is 15.0 Å². The smallest absolute Gasteiger partial charge is 0.260 e. The predicted molar refractivity (Wildman–Crippen MR) is 82.8 cm³/mol. The summed E-state index contributed by atoms with van der Waals surface area (Å²) in [7, 11) is 1.85. The van der Waals surface area contributed by atoms with E-state index >= 15 is 0 Å². The molecule has 1 fully saturated rings. The Kier molecular flexibility index (Phi) is 5.43. The number of ether oxygens (including phenoxy) is 1. The Morgan fingerprint density at radius 2 is 2.25 bits per heavy atom. The van der Waals surface area contributed by atoms with Gasteiger partial charge in [-0.05, 0) is 53.0 Å². The molecule has 0 spiro atoms. The number of carbonyl (C=O) groups is 1. The maximum atomic E-state index is 11.9. The van der Waals surface area contributed by atoms with Crippen LogP contribution in [0.15, 0.2) is 22.7 Å². The van der Waals surface area contributed by atoms with E-state index in [9.17, 15) is 4.79 Å². The first-order valence-corrected chi connectivity index (χ1v) is 7.78. The number of amides is 1. The van der Waals surface area contributed by atoms with Gasteiger partial charge in [-0.2, -0.15) is 0 Å². The van der Waals surface area contributed by atoms with Crippen LogP contribution in [0.2, 0.25) is 0 Å². The lowest BCUT2D eigenvalue weighted by Crippen LogP contribution is -2.33. The van der Waals surface area contributed by atoms with Crippen LogP contribution in [0.5, 0.6) is 5.75 Å². The number of rotatable bonds is 7. The molecule has 1 N–H and O–H groups in total. The number of nitrogens with one attached hydrogen (secondary N) is 1. The van der Waals surface area contributed by atoms with Crippen molar-refractivity contribution in [2.75, 3.05) is 20.2 Å². The van der Waals surface area contributed by atoms with Crippen molar-refractivity contribution in [3.05, 3.63) is 28.2 Å². The molecule has 5 heteroatoms. The minimum absolute atomic E-state index is 0.0381. The second-order valence-electron chi connectivity index (χ2n) is 5.07. The molecule has 0 heterocycles. The molecule has 0 aliphatic heterocycles. The monoisotopic (exact) mass is 340 g/mol. The van der Waals surface area contributed by atoms with Gasteiger partial charge in [-0.1, -0.05) is 13.0 Å². The molecule has 110 valence electrons. The Morgan fingerprint density at radius 3 is 2.85 bits per heavy atom. The molecule has 1 aromatic carbocycles. The number of hydrogen-bond donors (Lipinski definition) is 1. The Labute approximate surface area is 128 Å². The van der Waals surface area contributed by atoms with Crippen LogP contribution < -0.4 is 10.1 Å². The van der Waals surface area contributed by atoms with Crippen LogP contribution >= 0.6 is 15.9 Å². The Bertz CT molecular complexity index is 475. The third-order valence-electron chi connectivity index (χ3n) is 3.41. The summed E-state index contributed by atoms with van der Waals surface area (Å²) >= 11 is 3.49. The van der Waals surface area contributed by atoms with Crippen molar-refractivity contribution >= 4 is 21.8 Å². The first-order chi connectivity index (χ1) is 9.61. The zero-order valence-electron chi connectivity index (χ0n) is 12.0. The van der Waals surface area contributed by atoms with E-state index in [1.807, 2.05) is 25.2 Å². The highest BCUT2D eigenvalue weighted by atomic mass is 79.9. The van der Waals surface area contributed by atoms with Gasteiger partial charge in [-0.15, -0.1) is 0 Å². The van der Waals surface area contributed by atoms with Gasteiger partial charge >= 0.3 is 0 Å². The van der Waals surface area contributed by atoms with Gasteiger partial charge in [0.2, 0.25) is 0 Å². The van der Waals surface area contributed by atoms with E-state index in [1.54, 1.807) is 4.90 Å². The Morgan fingerprint density at radius 1 is 1.50 bits per heavy atom. The molecular formula is C15H21BrN2O2. The summed E-state index contributed by atoms with van der Waals surface area (Å²) in [6.45, 7) is 3.95. The molecule has 2 rings (SSSR count). The molecule has 0 atom stereocenters. The largest absolute Gasteiger partial charge is 0.483 e. The maximum Gasteiger partial charge on any atom is 0.260 e. The molecule has 1 aliphatic rings. The minimum atomic E-state index is 0.0381. The van der Waals surface area contributed by atoms with Crippen molar-refractivity contribution in [1.29, 1.82) is 0 Å².